The normalized spacial score (nSPS) is 10.5. The van der Waals surface area contributed by atoms with Crippen LogP contribution in [-0.2, 0) is 6.42 Å². The molecule has 0 unspecified atom stereocenters. The average Bonchev–Trinajstić information content (AvgIpc) is 2.39. The van der Waals surface area contributed by atoms with E-state index < -0.39 is 0 Å². The number of aryl methyl sites for hydroxylation is 2. The fraction of sp³-hybridized carbons (Fsp3) is 0.235. The Morgan fingerprint density at radius 3 is 2.63 bits per heavy atom. The van der Waals surface area contributed by atoms with Crippen LogP contribution in [0.25, 0.3) is 0 Å². The molecule has 0 radical (unpaired) electrons. The largest absolute Gasteiger partial charge is 0.289 e. The molecule has 0 aliphatic rings. The van der Waals surface area contributed by atoms with E-state index in [2.05, 4.69) is 28.9 Å². The highest BCUT2D eigenvalue weighted by Crippen LogP contribution is 2.19. The Balaban J connectivity index is 2.35. The van der Waals surface area contributed by atoms with Crippen LogP contribution in [0.3, 0.4) is 0 Å². The van der Waals surface area contributed by atoms with Gasteiger partial charge in [-0.25, -0.2) is 0 Å². The third-order valence-corrected chi connectivity index (χ3v) is 3.65. The molecule has 0 heterocycles. The second kappa shape index (κ2) is 6.16. The lowest BCUT2D eigenvalue weighted by Gasteiger charge is -2.07. The first-order valence-electron chi connectivity index (χ1n) is 6.51. The van der Waals surface area contributed by atoms with E-state index in [1.807, 2.05) is 43.3 Å². The first-order chi connectivity index (χ1) is 9.11. The predicted octanol–water partition coefficient (Wildman–Crippen LogP) is 4.94. The first kappa shape index (κ1) is 14.0. The molecule has 98 valence electrons. The summed E-state index contributed by atoms with van der Waals surface area (Å²) in [5, 5.41) is 0. The van der Waals surface area contributed by atoms with Crippen molar-refractivity contribution in [3.63, 3.8) is 0 Å². The van der Waals surface area contributed by atoms with Gasteiger partial charge in [0.15, 0.2) is 5.78 Å². The monoisotopic (exact) mass is 316 g/mol. The van der Waals surface area contributed by atoms with Crippen molar-refractivity contribution >= 4 is 21.7 Å². The zero-order valence-corrected chi connectivity index (χ0v) is 12.8. The molecule has 0 aliphatic carbocycles. The van der Waals surface area contributed by atoms with E-state index in [0.29, 0.717) is 0 Å². The van der Waals surface area contributed by atoms with Crippen molar-refractivity contribution in [3.05, 3.63) is 69.2 Å². The van der Waals surface area contributed by atoms with Gasteiger partial charge in [-0.05, 0) is 48.7 Å². The molecule has 0 aliphatic heterocycles. The van der Waals surface area contributed by atoms with Crippen molar-refractivity contribution in [2.75, 3.05) is 0 Å². The SMILES string of the molecule is CCCc1cccc(C(=O)c2ccc(Br)cc2C)c1. The predicted molar refractivity (Wildman–Crippen MR) is 82.7 cm³/mol. The minimum atomic E-state index is 0.1000. The van der Waals surface area contributed by atoms with Gasteiger partial charge in [0.2, 0.25) is 0 Å². The van der Waals surface area contributed by atoms with Gasteiger partial charge in [0.05, 0.1) is 0 Å². The van der Waals surface area contributed by atoms with E-state index in [0.717, 1.165) is 34.0 Å². The Kier molecular flexibility index (Phi) is 4.54. The molecule has 0 saturated heterocycles. The van der Waals surface area contributed by atoms with Crippen LogP contribution in [0.1, 0.15) is 40.4 Å². The van der Waals surface area contributed by atoms with Crippen LogP contribution in [0.2, 0.25) is 0 Å². The third-order valence-electron chi connectivity index (χ3n) is 3.16. The maximum absolute atomic E-state index is 12.5. The lowest BCUT2D eigenvalue weighted by atomic mass is 9.97. The summed E-state index contributed by atoms with van der Waals surface area (Å²) >= 11 is 3.42. The zero-order chi connectivity index (χ0) is 13.8. The second-order valence-corrected chi connectivity index (χ2v) is 5.65. The van der Waals surface area contributed by atoms with E-state index >= 15 is 0 Å². The van der Waals surface area contributed by atoms with Gasteiger partial charge in [0.1, 0.15) is 0 Å². The average molecular weight is 317 g/mol. The van der Waals surface area contributed by atoms with Gasteiger partial charge in [-0.1, -0.05) is 47.5 Å². The zero-order valence-electron chi connectivity index (χ0n) is 11.2. The van der Waals surface area contributed by atoms with E-state index in [-0.39, 0.29) is 5.78 Å². The number of hydrogen-bond acceptors (Lipinski definition) is 1. The smallest absolute Gasteiger partial charge is 0.193 e. The van der Waals surface area contributed by atoms with Crippen LogP contribution in [0, 0.1) is 6.92 Å². The van der Waals surface area contributed by atoms with Crippen molar-refractivity contribution in [3.8, 4) is 0 Å². The van der Waals surface area contributed by atoms with Gasteiger partial charge in [-0.2, -0.15) is 0 Å². The standard InChI is InChI=1S/C17H17BrO/c1-3-5-13-6-4-7-14(11-13)17(19)16-9-8-15(18)10-12(16)2/h4,6-11H,3,5H2,1-2H3. The van der Waals surface area contributed by atoms with Crippen molar-refractivity contribution in [2.24, 2.45) is 0 Å². The molecule has 1 nitrogen and oxygen atoms in total. The van der Waals surface area contributed by atoms with E-state index in [1.54, 1.807) is 0 Å². The van der Waals surface area contributed by atoms with Crippen molar-refractivity contribution in [2.45, 2.75) is 26.7 Å². The summed E-state index contributed by atoms with van der Waals surface area (Å²) < 4.78 is 1.00. The van der Waals surface area contributed by atoms with Gasteiger partial charge < -0.3 is 0 Å². The van der Waals surface area contributed by atoms with Crippen molar-refractivity contribution < 1.29 is 4.79 Å². The van der Waals surface area contributed by atoms with E-state index in [4.69, 9.17) is 0 Å². The van der Waals surface area contributed by atoms with Crippen molar-refractivity contribution in [1.82, 2.24) is 0 Å². The van der Waals surface area contributed by atoms with Crippen LogP contribution in [0.5, 0.6) is 0 Å². The fourth-order valence-electron chi connectivity index (χ4n) is 2.19. The van der Waals surface area contributed by atoms with E-state index in [9.17, 15) is 4.79 Å². The van der Waals surface area contributed by atoms with Crippen molar-refractivity contribution in [1.29, 1.82) is 0 Å². The fourth-order valence-corrected chi connectivity index (χ4v) is 2.67. The first-order valence-corrected chi connectivity index (χ1v) is 7.31. The maximum atomic E-state index is 12.5. The maximum Gasteiger partial charge on any atom is 0.193 e. The topological polar surface area (TPSA) is 17.1 Å². The second-order valence-electron chi connectivity index (χ2n) is 4.74. The molecule has 19 heavy (non-hydrogen) atoms. The molecular weight excluding hydrogens is 300 g/mol. The summed E-state index contributed by atoms with van der Waals surface area (Å²) in [6.07, 6.45) is 2.11. The number of rotatable bonds is 4. The lowest BCUT2D eigenvalue weighted by molar-refractivity contribution is 0.103. The van der Waals surface area contributed by atoms with Crippen LogP contribution in [0.15, 0.2) is 46.9 Å². The molecule has 0 spiro atoms. The Morgan fingerprint density at radius 2 is 1.95 bits per heavy atom. The number of hydrogen-bond donors (Lipinski definition) is 0. The molecular formula is C17H17BrO. The lowest BCUT2D eigenvalue weighted by Crippen LogP contribution is -2.04. The molecule has 2 rings (SSSR count). The Bertz CT molecular complexity index is 602. The minimum absolute atomic E-state index is 0.1000. The summed E-state index contributed by atoms with van der Waals surface area (Å²) in [6.45, 7) is 4.11. The van der Waals surface area contributed by atoms with Gasteiger partial charge in [-0.3, -0.25) is 4.79 Å². The summed E-state index contributed by atoms with van der Waals surface area (Å²) in [4.78, 5) is 12.5. The Morgan fingerprint density at radius 1 is 1.16 bits per heavy atom. The molecule has 2 aromatic rings. The molecule has 0 N–H and O–H groups in total. The highest BCUT2D eigenvalue weighted by Gasteiger charge is 2.12. The van der Waals surface area contributed by atoms with Gasteiger partial charge in [0.25, 0.3) is 0 Å². The quantitative estimate of drug-likeness (QED) is 0.730. The highest BCUT2D eigenvalue weighted by atomic mass is 79.9. The molecule has 0 amide bonds. The molecule has 2 aromatic carbocycles. The third kappa shape index (κ3) is 3.32. The summed E-state index contributed by atoms with van der Waals surface area (Å²) in [5.74, 6) is 0.1000. The summed E-state index contributed by atoms with van der Waals surface area (Å²) in [7, 11) is 0. The molecule has 0 fully saturated rings. The molecule has 2 heteroatoms. The number of carbonyl (C=O) groups excluding carboxylic acids is 1. The number of carbonyl (C=O) groups is 1. The molecule has 0 aromatic heterocycles. The van der Waals surface area contributed by atoms with Crippen LogP contribution < -0.4 is 0 Å². The summed E-state index contributed by atoms with van der Waals surface area (Å²) in [5.41, 5.74) is 3.77. The number of halogens is 1. The Hall–Kier alpha value is -1.41. The Labute approximate surface area is 122 Å². The van der Waals surface area contributed by atoms with Gasteiger partial charge in [0, 0.05) is 15.6 Å². The number of ketones is 1. The molecule has 0 saturated carbocycles. The molecule has 0 bridgehead atoms. The van der Waals surface area contributed by atoms with E-state index in [1.165, 1.54) is 5.56 Å². The van der Waals surface area contributed by atoms with Crippen LogP contribution in [0.4, 0.5) is 0 Å². The minimum Gasteiger partial charge on any atom is -0.289 e. The molecule has 0 atom stereocenters. The van der Waals surface area contributed by atoms with Gasteiger partial charge in [-0.15, -0.1) is 0 Å². The number of benzene rings is 2. The van der Waals surface area contributed by atoms with Crippen LogP contribution >= 0.6 is 15.9 Å². The van der Waals surface area contributed by atoms with Gasteiger partial charge >= 0.3 is 0 Å². The summed E-state index contributed by atoms with van der Waals surface area (Å²) in [6, 6.07) is 13.7. The highest BCUT2D eigenvalue weighted by molar-refractivity contribution is 9.10. The van der Waals surface area contributed by atoms with Crippen LogP contribution in [-0.4, -0.2) is 5.78 Å².